The first kappa shape index (κ1) is 15.0. The second kappa shape index (κ2) is 7.36. The normalized spacial score (nSPS) is 10.8. The van der Waals surface area contributed by atoms with Gasteiger partial charge in [0.2, 0.25) is 11.2 Å². The van der Waals surface area contributed by atoms with E-state index in [0.717, 1.165) is 19.4 Å². The van der Waals surface area contributed by atoms with Crippen LogP contribution in [-0.2, 0) is 0 Å². The molecule has 5 nitrogen and oxygen atoms in total. The molecule has 1 aromatic rings. The predicted octanol–water partition coefficient (Wildman–Crippen LogP) is 2.80. The van der Waals surface area contributed by atoms with E-state index in [-0.39, 0.29) is 5.28 Å². The van der Waals surface area contributed by atoms with Crippen LogP contribution >= 0.6 is 11.6 Å². The van der Waals surface area contributed by atoms with E-state index in [0.29, 0.717) is 24.5 Å². The first-order chi connectivity index (χ1) is 8.52. The minimum Gasteiger partial charge on any atom is -0.463 e. The van der Waals surface area contributed by atoms with Crippen LogP contribution in [0.15, 0.2) is 0 Å². The molecular formula is C12H21ClN4O. The molecule has 0 bridgehead atoms. The number of ether oxygens (including phenoxy) is 1. The Hall–Kier alpha value is -1.10. The number of nitrogens with zero attached hydrogens (tertiary/aromatic N) is 4. The van der Waals surface area contributed by atoms with Gasteiger partial charge in [0.25, 0.3) is 0 Å². The van der Waals surface area contributed by atoms with Crippen molar-refractivity contribution < 1.29 is 4.74 Å². The summed E-state index contributed by atoms with van der Waals surface area (Å²) in [5, 5.41) is 0.169. The van der Waals surface area contributed by atoms with Crippen LogP contribution in [0, 0.1) is 5.92 Å². The maximum absolute atomic E-state index is 5.87. The fourth-order valence-corrected chi connectivity index (χ4v) is 1.45. The van der Waals surface area contributed by atoms with Crippen molar-refractivity contribution >= 4 is 17.5 Å². The van der Waals surface area contributed by atoms with E-state index < -0.39 is 0 Å². The predicted molar refractivity (Wildman–Crippen MR) is 73.3 cm³/mol. The summed E-state index contributed by atoms with van der Waals surface area (Å²) in [6.07, 6.45) is 1.98. The number of halogens is 1. The van der Waals surface area contributed by atoms with Crippen molar-refractivity contribution in [2.75, 3.05) is 25.1 Å². The zero-order valence-electron chi connectivity index (χ0n) is 11.5. The summed E-state index contributed by atoms with van der Waals surface area (Å²) in [6.45, 7) is 7.85. The number of hydrogen-bond acceptors (Lipinski definition) is 5. The van der Waals surface area contributed by atoms with Gasteiger partial charge in [0.1, 0.15) is 0 Å². The Morgan fingerprint density at radius 3 is 2.61 bits per heavy atom. The van der Waals surface area contributed by atoms with E-state index in [9.17, 15) is 0 Å². The largest absolute Gasteiger partial charge is 0.463 e. The Labute approximate surface area is 114 Å². The summed E-state index contributed by atoms with van der Waals surface area (Å²) in [7, 11) is 1.94. The minimum absolute atomic E-state index is 0.169. The molecule has 0 N–H and O–H groups in total. The quantitative estimate of drug-likeness (QED) is 0.764. The van der Waals surface area contributed by atoms with Gasteiger partial charge >= 0.3 is 6.01 Å². The summed E-state index contributed by atoms with van der Waals surface area (Å²) in [6, 6.07) is 0.295. The van der Waals surface area contributed by atoms with Crippen molar-refractivity contribution in [2.45, 2.75) is 33.6 Å². The fraction of sp³-hybridized carbons (Fsp3) is 0.750. The maximum Gasteiger partial charge on any atom is 0.322 e. The molecule has 0 spiro atoms. The number of rotatable bonds is 7. The topological polar surface area (TPSA) is 51.1 Å². The zero-order valence-corrected chi connectivity index (χ0v) is 12.2. The molecule has 18 heavy (non-hydrogen) atoms. The van der Waals surface area contributed by atoms with Crippen LogP contribution in [0.4, 0.5) is 5.95 Å². The SMILES string of the molecule is CCCOc1nc(Cl)nc(N(C)CCC(C)C)n1. The van der Waals surface area contributed by atoms with Crippen molar-refractivity contribution in [1.82, 2.24) is 15.0 Å². The summed E-state index contributed by atoms with van der Waals surface area (Å²) in [5.41, 5.74) is 0. The third kappa shape index (κ3) is 5.04. The summed E-state index contributed by atoms with van der Waals surface area (Å²) < 4.78 is 5.38. The monoisotopic (exact) mass is 272 g/mol. The van der Waals surface area contributed by atoms with Gasteiger partial charge in [0.05, 0.1) is 6.61 Å². The third-order valence-corrected chi connectivity index (χ3v) is 2.56. The lowest BCUT2D eigenvalue weighted by Crippen LogP contribution is -2.22. The van der Waals surface area contributed by atoms with Gasteiger partial charge in [-0.2, -0.15) is 15.0 Å². The molecule has 1 rings (SSSR count). The molecule has 0 unspecified atom stereocenters. The molecule has 0 atom stereocenters. The highest BCUT2D eigenvalue weighted by Gasteiger charge is 2.10. The van der Waals surface area contributed by atoms with Crippen molar-refractivity contribution in [2.24, 2.45) is 5.92 Å². The lowest BCUT2D eigenvalue weighted by Gasteiger charge is -2.18. The van der Waals surface area contributed by atoms with Gasteiger partial charge in [-0.25, -0.2) is 0 Å². The Kier molecular flexibility index (Phi) is 6.12. The van der Waals surface area contributed by atoms with Gasteiger partial charge in [-0.1, -0.05) is 20.8 Å². The lowest BCUT2D eigenvalue weighted by atomic mass is 10.1. The highest BCUT2D eigenvalue weighted by molar-refractivity contribution is 6.28. The molecule has 1 aromatic heterocycles. The van der Waals surface area contributed by atoms with Crippen LogP contribution in [0.3, 0.4) is 0 Å². The summed E-state index contributed by atoms with van der Waals surface area (Å²) in [4.78, 5) is 14.3. The van der Waals surface area contributed by atoms with Gasteiger partial charge in [-0.15, -0.1) is 0 Å². The van der Waals surface area contributed by atoms with E-state index >= 15 is 0 Å². The van der Waals surface area contributed by atoms with Gasteiger partial charge in [0, 0.05) is 13.6 Å². The molecule has 0 radical (unpaired) electrons. The molecule has 0 saturated heterocycles. The molecule has 0 aliphatic heterocycles. The Morgan fingerprint density at radius 2 is 2.00 bits per heavy atom. The zero-order chi connectivity index (χ0) is 13.5. The van der Waals surface area contributed by atoms with E-state index in [1.54, 1.807) is 0 Å². The first-order valence-corrected chi connectivity index (χ1v) is 6.66. The van der Waals surface area contributed by atoms with Gasteiger partial charge in [-0.3, -0.25) is 0 Å². The van der Waals surface area contributed by atoms with E-state index in [1.165, 1.54) is 0 Å². The molecule has 0 amide bonds. The van der Waals surface area contributed by atoms with E-state index in [4.69, 9.17) is 16.3 Å². The molecular weight excluding hydrogens is 252 g/mol. The van der Waals surface area contributed by atoms with Gasteiger partial charge < -0.3 is 9.64 Å². The molecule has 0 aliphatic rings. The van der Waals surface area contributed by atoms with Crippen molar-refractivity contribution in [3.8, 4) is 6.01 Å². The standard InChI is InChI=1S/C12H21ClN4O/c1-5-8-18-12-15-10(13)14-11(16-12)17(4)7-6-9(2)3/h9H,5-8H2,1-4H3. The molecule has 102 valence electrons. The van der Waals surface area contributed by atoms with Crippen LogP contribution in [0.5, 0.6) is 6.01 Å². The minimum atomic E-state index is 0.169. The van der Waals surface area contributed by atoms with Crippen LogP contribution in [0.2, 0.25) is 5.28 Å². The summed E-state index contributed by atoms with van der Waals surface area (Å²) >= 11 is 5.87. The number of anilines is 1. The van der Waals surface area contributed by atoms with E-state index in [1.807, 2.05) is 18.9 Å². The van der Waals surface area contributed by atoms with Crippen molar-refractivity contribution in [3.05, 3.63) is 5.28 Å². The molecule has 0 aliphatic carbocycles. The first-order valence-electron chi connectivity index (χ1n) is 6.28. The molecule has 1 heterocycles. The average Bonchev–Trinajstić information content (AvgIpc) is 2.32. The van der Waals surface area contributed by atoms with Crippen LogP contribution in [-0.4, -0.2) is 35.2 Å². The lowest BCUT2D eigenvalue weighted by molar-refractivity contribution is 0.291. The van der Waals surface area contributed by atoms with Crippen LogP contribution in [0.25, 0.3) is 0 Å². The molecule has 0 fully saturated rings. The highest BCUT2D eigenvalue weighted by Crippen LogP contribution is 2.15. The highest BCUT2D eigenvalue weighted by atomic mass is 35.5. The van der Waals surface area contributed by atoms with Gasteiger partial charge in [-0.05, 0) is 30.4 Å². The average molecular weight is 273 g/mol. The van der Waals surface area contributed by atoms with Crippen molar-refractivity contribution in [3.63, 3.8) is 0 Å². The second-order valence-electron chi connectivity index (χ2n) is 4.64. The number of hydrogen-bond donors (Lipinski definition) is 0. The van der Waals surface area contributed by atoms with Crippen LogP contribution < -0.4 is 9.64 Å². The Balaban J connectivity index is 2.71. The molecule has 0 aromatic carbocycles. The molecule has 0 saturated carbocycles. The van der Waals surface area contributed by atoms with Crippen LogP contribution in [0.1, 0.15) is 33.6 Å². The third-order valence-electron chi connectivity index (χ3n) is 2.39. The van der Waals surface area contributed by atoms with E-state index in [2.05, 4.69) is 28.8 Å². The Bertz CT molecular complexity index is 373. The van der Waals surface area contributed by atoms with Crippen molar-refractivity contribution in [1.29, 1.82) is 0 Å². The summed E-state index contributed by atoms with van der Waals surface area (Å²) in [5.74, 6) is 1.20. The van der Waals surface area contributed by atoms with Gasteiger partial charge in [0.15, 0.2) is 0 Å². The second-order valence-corrected chi connectivity index (χ2v) is 4.98. The maximum atomic E-state index is 5.87. The number of aromatic nitrogens is 3. The molecule has 6 heteroatoms. The fourth-order valence-electron chi connectivity index (χ4n) is 1.30. The smallest absolute Gasteiger partial charge is 0.322 e. The Morgan fingerprint density at radius 1 is 1.28 bits per heavy atom.